The number of nitrogens with two attached hydrogens (primary N) is 3. The fourth-order valence-corrected chi connectivity index (χ4v) is 15.7. The van der Waals surface area contributed by atoms with E-state index in [0.717, 1.165) is 44.9 Å². The fourth-order valence-electron chi connectivity index (χ4n) is 15.7. The second-order valence-corrected chi connectivity index (χ2v) is 27.4. The van der Waals surface area contributed by atoms with Crippen LogP contribution in [-0.4, -0.2) is 114 Å². The van der Waals surface area contributed by atoms with Gasteiger partial charge in [-0.25, -0.2) is 4.79 Å². The largest absolute Gasteiger partial charge is 0.508 e. The van der Waals surface area contributed by atoms with Gasteiger partial charge in [-0.15, -0.1) is 0 Å². The lowest BCUT2D eigenvalue weighted by Gasteiger charge is -2.61. The number of esters is 1. The summed E-state index contributed by atoms with van der Waals surface area (Å²) in [7, 11) is 0. The molecule has 5 rings (SSSR count). The molecule has 500 valence electrons. The molecule has 5 amide bonds. The summed E-state index contributed by atoms with van der Waals surface area (Å²) in [6, 6.07) is 2.85. The number of carbonyl (C=O) groups is 10. The van der Waals surface area contributed by atoms with E-state index in [1.807, 2.05) is 13.8 Å². The van der Waals surface area contributed by atoms with Crippen molar-refractivity contribution in [1.82, 2.24) is 21.3 Å². The Labute approximate surface area is 524 Å². The number of benzene rings is 1. The van der Waals surface area contributed by atoms with Crippen LogP contribution in [0.1, 0.15) is 208 Å². The lowest BCUT2D eigenvalue weighted by molar-refractivity contribution is -0.210. The summed E-state index contributed by atoms with van der Waals surface area (Å²) in [6.45, 7) is 12.9. The van der Waals surface area contributed by atoms with E-state index in [-0.39, 0.29) is 110 Å². The maximum atomic E-state index is 14.4. The van der Waals surface area contributed by atoms with Crippen molar-refractivity contribution in [2.45, 2.75) is 239 Å². The number of primary amides is 1. The maximum absolute atomic E-state index is 14.4. The minimum atomic E-state index is -5.01. The van der Waals surface area contributed by atoms with E-state index in [0.29, 0.717) is 100 Å². The zero-order chi connectivity index (χ0) is 65.8. The molecule has 11 N–H and O–H groups in total. The average molecular weight is 1260 g/mol. The number of rotatable bonds is 38. The van der Waals surface area contributed by atoms with Crippen molar-refractivity contribution in [2.75, 3.05) is 19.6 Å². The number of fused-ring (bicyclic) bond motifs is 5. The molecule has 0 aliphatic heterocycles. The molecule has 0 aromatic heterocycles. The van der Waals surface area contributed by atoms with E-state index in [2.05, 4.69) is 42.0 Å². The Hall–Kier alpha value is -5.77. The first-order valence-electron chi connectivity index (χ1n) is 33.0. The van der Waals surface area contributed by atoms with Crippen LogP contribution >= 0.6 is 0 Å². The molecule has 0 radical (unpaired) electrons. The zero-order valence-electron chi connectivity index (χ0n) is 53.6. The molecule has 1 aromatic rings. The smallest absolute Gasteiger partial charge is 0.490 e. The molecule has 14 atom stereocenters. The Kier molecular flexibility index (Phi) is 28.8. The van der Waals surface area contributed by atoms with Gasteiger partial charge in [-0.3, -0.25) is 43.2 Å². The highest BCUT2D eigenvalue weighted by atomic mass is 19.4. The third-order valence-corrected chi connectivity index (χ3v) is 20.7. The number of alkyl halides is 3. The minimum absolute atomic E-state index is 0.0226. The highest BCUT2D eigenvalue weighted by Crippen LogP contribution is 2.68. The number of nitrogens with one attached hydrogen (secondary N) is 4. The Morgan fingerprint density at radius 1 is 0.663 bits per heavy atom. The van der Waals surface area contributed by atoms with Gasteiger partial charge in [0.15, 0.2) is 23.1 Å². The lowest BCUT2D eigenvalue weighted by atomic mass is 9.44. The van der Waals surface area contributed by atoms with Crippen LogP contribution in [0.3, 0.4) is 0 Å². The summed E-state index contributed by atoms with van der Waals surface area (Å²) < 4.78 is 44.0. The molecule has 22 heteroatoms. The molecule has 0 bridgehead atoms. The molecule has 0 spiro atoms. The van der Waals surface area contributed by atoms with Gasteiger partial charge in [0, 0.05) is 56.8 Å². The standard InChI is InChI=1S/C67H104F3N7O12/c1-7-56(80)54(34-40(2)3)77-62(86)43(12-8-10-32-71)36-57(81)53(13-9-11-33-72)76-63(87)44(17-25-59(73)83)37-58(82)55(35-42-15-19-46(78)20-16-42)75-61(85)27-21-47(79)39-74-60(84)26-14-41(4)50-23-24-51-49-22-18-45-38-48(89-64(88)67(68,69)70)28-30-65(45,5)52(49)29-31-66(50,51)6/h15-16,19-20,40-41,43-45,48-55,78H,7-14,17-18,21-39,71-72H2,1-6H3,(H2,73,83)(H,74,84)(H,75,85)(H,76,87)(H,77,86)/t41-,43-,44-,45?,48-,49?,50-,51?,52?,53+,54+,55+,65+,66-/m1/s1. The number of aromatic hydroxyl groups is 1. The summed E-state index contributed by atoms with van der Waals surface area (Å²) in [6.07, 6.45) is 4.10. The van der Waals surface area contributed by atoms with E-state index in [4.69, 9.17) is 21.9 Å². The van der Waals surface area contributed by atoms with E-state index in [9.17, 15) is 66.2 Å². The molecule has 4 aliphatic carbocycles. The molecular formula is C67H104F3N7O12. The first-order chi connectivity index (χ1) is 42.0. The van der Waals surface area contributed by atoms with Gasteiger partial charge in [-0.05, 0) is 199 Å². The second kappa shape index (κ2) is 34.6. The van der Waals surface area contributed by atoms with Crippen molar-refractivity contribution in [3.8, 4) is 5.75 Å². The number of ketones is 4. The van der Waals surface area contributed by atoms with E-state index in [1.54, 1.807) is 19.1 Å². The molecule has 4 saturated carbocycles. The van der Waals surface area contributed by atoms with Crippen LogP contribution in [0.15, 0.2) is 24.3 Å². The Bertz CT molecular complexity index is 2590. The Balaban J connectivity index is 1.16. The predicted octanol–water partition coefficient (Wildman–Crippen LogP) is 8.10. The van der Waals surface area contributed by atoms with Crippen LogP contribution in [0.4, 0.5) is 13.2 Å². The number of phenols is 1. The van der Waals surface area contributed by atoms with Gasteiger partial charge in [-0.1, -0.05) is 60.1 Å². The maximum Gasteiger partial charge on any atom is 0.490 e. The highest BCUT2D eigenvalue weighted by Gasteiger charge is 2.61. The molecule has 19 nitrogen and oxygen atoms in total. The third kappa shape index (κ3) is 21.7. The molecular weight excluding hydrogens is 1150 g/mol. The first-order valence-corrected chi connectivity index (χ1v) is 33.0. The van der Waals surface area contributed by atoms with Crippen LogP contribution in [0.2, 0.25) is 0 Å². The van der Waals surface area contributed by atoms with Gasteiger partial charge in [0.1, 0.15) is 11.9 Å². The molecule has 4 fully saturated rings. The number of amides is 5. The van der Waals surface area contributed by atoms with Crippen molar-refractivity contribution in [1.29, 1.82) is 0 Å². The lowest BCUT2D eigenvalue weighted by Crippen LogP contribution is -2.54. The highest BCUT2D eigenvalue weighted by molar-refractivity contribution is 5.97. The Morgan fingerprint density at radius 3 is 1.89 bits per heavy atom. The van der Waals surface area contributed by atoms with Crippen molar-refractivity contribution in [3.63, 3.8) is 0 Å². The van der Waals surface area contributed by atoms with Crippen LogP contribution < -0.4 is 38.5 Å². The van der Waals surface area contributed by atoms with Crippen LogP contribution in [-0.2, 0) is 59.1 Å². The van der Waals surface area contributed by atoms with E-state index >= 15 is 0 Å². The summed E-state index contributed by atoms with van der Waals surface area (Å²) >= 11 is 0. The summed E-state index contributed by atoms with van der Waals surface area (Å²) in [5.74, 6) is -6.27. The number of halogens is 3. The fraction of sp³-hybridized carbons (Fsp3) is 0.761. The van der Waals surface area contributed by atoms with Gasteiger partial charge >= 0.3 is 12.1 Å². The third-order valence-electron chi connectivity index (χ3n) is 20.7. The summed E-state index contributed by atoms with van der Waals surface area (Å²) in [4.78, 5) is 134. The summed E-state index contributed by atoms with van der Waals surface area (Å²) in [5.41, 5.74) is 17.7. The van der Waals surface area contributed by atoms with Crippen LogP contribution in [0, 0.1) is 64.1 Å². The van der Waals surface area contributed by atoms with Crippen molar-refractivity contribution >= 4 is 58.6 Å². The molecule has 4 unspecified atom stereocenters. The molecule has 0 saturated heterocycles. The number of unbranched alkanes of at least 4 members (excludes halogenated alkanes) is 2. The summed E-state index contributed by atoms with van der Waals surface area (Å²) in [5, 5.41) is 21.1. The SMILES string of the molecule is CCC(=O)[C@H](CC(C)C)NC(=O)[C@H](CCCCN)CC(=O)[C@H](CCCCN)NC(=O)[C@H](CCC(N)=O)CC(=O)[C@H](Cc1ccc(O)cc1)NC(=O)CCC(=O)CNC(=O)CC[C@@H](C)[C@H]1CCC2C3CCC4C[C@H](OC(=O)C(F)(F)F)CC[C@]4(C)C3CC[C@@]21C. The number of hydrogen-bond donors (Lipinski definition) is 8. The van der Waals surface area contributed by atoms with Gasteiger partial charge in [-0.2, -0.15) is 13.2 Å². The number of ether oxygens (including phenoxy) is 1. The Morgan fingerprint density at radius 2 is 1.27 bits per heavy atom. The monoisotopic (exact) mass is 1260 g/mol. The molecule has 1 aromatic carbocycles. The topological polar surface area (TPSA) is 326 Å². The van der Waals surface area contributed by atoms with Gasteiger partial charge in [0.25, 0.3) is 0 Å². The first kappa shape index (κ1) is 74.0. The molecule has 0 heterocycles. The van der Waals surface area contributed by atoms with Gasteiger partial charge < -0.3 is 48.3 Å². The average Bonchev–Trinajstić information content (AvgIpc) is 1.85. The van der Waals surface area contributed by atoms with Crippen LogP contribution in [0.5, 0.6) is 5.75 Å². The minimum Gasteiger partial charge on any atom is -0.508 e. The van der Waals surface area contributed by atoms with Gasteiger partial charge in [0.05, 0.1) is 24.7 Å². The number of carbonyl (C=O) groups excluding carboxylic acids is 10. The number of hydrogen-bond acceptors (Lipinski definition) is 14. The quantitative estimate of drug-likeness (QED) is 0.0229. The van der Waals surface area contributed by atoms with Crippen LogP contribution in [0.25, 0.3) is 0 Å². The number of Topliss-reactive ketones (excluding diaryl/α,β-unsaturated/α-hetero) is 4. The number of phenolic OH excluding ortho intramolecular Hbond substituents is 1. The molecule has 4 aliphatic rings. The second-order valence-electron chi connectivity index (χ2n) is 27.4. The normalized spacial score (nSPS) is 25.1. The van der Waals surface area contributed by atoms with Crippen molar-refractivity contribution < 1.29 is 71.0 Å². The molecule has 89 heavy (non-hydrogen) atoms. The van der Waals surface area contributed by atoms with E-state index in [1.165, 1.54) is 12.1 Å². The van der Waals surface area contributed by atoms with Gasteiger partial charge in [0.2, 0.25) is 29.5 Å². The van der Waals surface area contributed by atoms with Crippen molar-refractivity contribution in [2.24, 2.45) is 81.3 Å². The van der Waals surface area contributed by atoms with Crippen molar-refractivity contribution in [3.05, 3.63) is 29.8 Å². The zero-order valence-corrected chi connectivity index (χ0v) is 53.6. The van der Waals surface area contributed by atoms with E-state index < -0.39 is 95.6 Å². The predicted molar refractivity (Wildman–Crippen MR) is 330 cm³/mol.